The van der Waals surface area contributed by atoms with E-state index in [-0.39, 0.29) is 6.29 Å². The second kappa shape index (κ2) is 15.9. The first kappa shape index (κ1) is 28.6. The summed E-state index contributed by atoms with van der Waals surface area (Å²) in [6.45, 7) is 4.45. The Kier molecular flexibility index (Phi) is 11.6. The number of imidazole rings is 1. The molecule has 2 heterocycles. The van der Waals surface area contributed by atoms with Crippen LogP contribution in [-0.2, 0) is 16.0 Å². The molecule has 1 aliphatic heterocycles. The highest BCUT2D eigenvalue weighted by molar-refractivity contribution is 6.08. The predicted octanol–water partition coefficient (Wildman–Crippen LogP) is 7.69. The fourth-order valence-electron chi connectivity index (χ4n) is 4.91. The lowest BCUT2D eigenvalue weighted by Crippen LogP contribution is -2.25. The molecule has 5 rings (SSSR count). The first-order chi connectivity index (χ1) is 19.3. The highest BCUT2D eigenvalue weighted by Gasteiger charge is 2.26. The molecule has 1 unspecified atom stereocenters. The fourth-order valence-corrected chi connectivity index (χ4v) is 4.91. The van der Waals surface area contributed by atoms with Crippen LogP contribution in [0.15, 0.2) is 116 Å². The van der Waals surface area contributed by atoms with E-state index in [0.29, 0.717) is 25.0 Å². The molecule has 4 aromatic rings. The van der Waals surface area contributed by atoms with Crippen LogP contribution in [0.5, 0.6) is 0 Å². The maximum atomic E-state index is 5.64. The monoisotopic (exact) mass is 518 g/mol. The zero-order valence-electron chi connectivity index (χ0n) is 22.9. The second-order valence-electron chi connectivity index (χ2n) is 9.73. The van der Waals surface area contributed by atoms with Crippen molar-refractivity contribution < 1.29 is 9.47 Å². The van der Waals surface area contributed by atoms with Gasteiger partial charge in [0.05, 0.1) is 39.3 Å². The average molecular weight is 519 g/mol. The maximum absolute atomic E-state index is 5.64. The SMILES string of the molecule is CCC(Cn1cncc1-c1ccccc1)C1OCCO1.[B]CCC=CCC(c1ccccc1)c1ccccc1. The molecule has 3 aromatic carbocycles. The second-order valence-corrected chi connectivity index (χ2v) is 9.73. The quantitative estimate of drug-likeness (QED) is 0.151. The van der Waals surface area contributed by atoms with E-state index in [1.807, 2.05) is 30.7 Å². The molecule has 39 heavy (non-hydrogen) atoms. The lowest BCUT2D eigenvalue weighted by molar-refractivity contribution is -0.0883. The topological polar surface area (TPSA) is 36.3 Å². The number of ether oxygens (including phenoxy) is 2. The van der Waals surface area contributed by atoms with Crippen molar-refractivity contribution in [2.75, 3.05) is 13.2 Å². The Hall–Kier alpha value is -3.41. The van der Waals surface area contributed by atoms with Gasteiger partial charge in [-0.2, -0.15) is 0 Å². The summed E-state index contributed by atoms with van der Waals surface area (Å²) in [5, 5.41) is 0. The van der Waals surface area contributed by atoms with E-state index < -0.39 is 0 Å². The number of allylic oxidation sites excluding steroid dienone is 2. The minimum absolute atomic E-state index is 0.0778. The standard InChI is InChI=1S/C18H19B.C16H20N2O2/c19-15-9-3-8-14-18(16-10-4-1-5-11-16)17-12-6-2-7-13-17;1-2-13(16-19-8-9-20-16)11-18-12-17-10-15(18)14-6-4-3-5-7-14/h1-8,10-13,18H,9,14-15H2;3-7,10,12-13,16H,2,8-9,11H2,1H3. The molecule has 1 saturated heterocycles. The Morgan fingerprint density at radius 3 is 2.03 bits per heavy atom. The van der Waals surface area contributed by atoms with Crippen LogP contribution in [0.2, 0.25) is 6.32 Å². The molecule has 200 valence electrons. The van der Waals surface area contributed by atoms with Gasteiger partial charge in [0.2, 0.25) is 0 Å². The number of rotatable bonds is 11. The van der Waals surface area contributed by atoms with E-state index in [1.54, 1.807) is 0 Å². The van der Waals surface area contributed by atoms with Crippen molar-refractivity contribution >= 4 is 7.85 Å². The van der Waals surface area contributed by atoms with E-state index in [4.69, 9.17) is 17.3 Å². The van der Waals surface area contributed by atoms with Crippen molar-refractivity contribution in [1.29, 1.82) is 0 Å². The van der Waals surface area contributed by atoms with E-state index in [2.05, 4.69) is 101 Å². The molecule has 5 heteroatoms. The van der Waals surface area contributed by atoms with Crippen LogP contribution >= 0.6 is 0 Å². The van der Waals surface area contributed by atoms with E-state index in [9.17, 15) is 0 Å². The molecule has 4 nitrogen and oxygen atoms in total. The Balaban J connectivity index is 0.000000181. The van der Waals surface area contributed by atoms with Gasteiger partial charge in [-0.25, -0.2) is 4.98 Å². The highest BCUT2D eigenvalue weighted by Crippen LogP contribution is 2.28. The molecule has 0 saturated carbocycles. The molecule has 2 radical (unpaired) electrons. The van der Waals surface area contributed by atoms with Crippen LogP contribution in [0.25, 0.3) is 11.3 Å². The van der Waals surface area contributed by atoms with Gasteiger partial charge in [0, 0.05) is 18.4 Å². The summed E-state index contributed by atoms with van der Waals surface area (Å²) in [5.41, 5.74) is 5.06. The molecule has 0 aliphatic carbocycles. The Bertz CT molecular complexity index is 1180. The van der Waals surface area contributed by atoms with E-state index in [0.717, 1.165) is 37.8 Å². The third kappa shape index (κ3) is 8.54. The number of aromatic nitrogens is 2. The summed E-state index contributed by atoms with van der Waals surface area (Å²) in [6, 6.07) is 31.7. The van der Waals surface area contributed by atoms with Gasteiger partial charge in [0.15, 0.2) is 6.29 Å². The highest BCUT2D eigenvalue weighted by atomic mass is 16.7. The average Bonchev–Trinajstić information content (AvgIpc) is 3.70. The molecule has 1 atom stereocenters. The number of hydrogen-bond acceptors (Lipinski definition) is 3. The smallest absolute Gasteiger partial charge is 0.162 e. The largest absolute Gasteiger partial charge is 0.350 e. The molecule has 0 bridgehead atoms. The van der Waals surface area contributed by atoms with Crippen molar-refractivity contribution in [2.45, 2.75) is 51.3 Å². The normalized spacial score (nSPS) is 14.4. The van der Waals surface area contributed by atoms with Gasteiger partial charge in [0.25, 0.3) is 0 Å². The van der Waals surface area contributed by atoms with Gasteiger partial charge in [-0.3, -0.25) is 0 Å². The summed E-state index contributed by atoms with van der Waals surface area (Å²) in [4.78, 5) is 4.29. The van der Waals surface area contributed by atoms with Crippen molar-refractivity contribution in [3.05, 3.63) is 127 Å². The summed E-state index contributed by atoms with van der Waals surface area (Å²) in [7, 11) is 5.52. The van der Waals surface area contributed by atoms with Gasteiger partial charge >= 0.3 is 0 Å². The van der Waals surface area contributed by atoms with Crippen LogP contribution in [0.1, 0.15) is 43.2 Å². The zero-order valence-corrected chi connectivity index (χ0v) is 22.9. The van der Waals surface area contributed by atoms with Crippen molar-refractivity contribution in [2.24, 2.45) is 5.92 Å². The van der Waals surface area contributed by atoms with Gasteiger partial charge in [-0.05, 0) is 36.0 Å². The number of hydrogen-bond donors (Lipinski definition) is 0. The van der Waals surface area contributed by atoms with Crippen LogP contribution in [0, 0.1) is 5.92 Å². The Labute approximate surface area is 235 Å². The van der Waals surface area contributed by atoms with E-state index in [1.165, 1.54) is 16.7 Å². The molecule has 1 aliphatic rings. The predicted molar refractivity (Wildman–Crippen MR) is 161 cm³/mol. The molecule has 0 spiro atoms. The first-order valence-corrected chi connectivity index (χ1v) is 14.0. The first-order valence-electron chi connectivity index (χ1n) is 14.0. The van der Waals surface area contributed by atoms with E-state index >= 15 is 0 Å². The molecule has 0 N–H and O–H groups in total. The maximum Gasteiger partial charge on any atom is 0.162 e. The van der Waals surface area contributed by atoms with Gasteiger partial charge in [0.1, 0.15) is 0 Å². The molecular weight excluding hydrogens is 479 g/mol. The Morgan fingerprint density at radius 1 is 0.872 bits per heavy atom. The van der Waals surface area contributed by atoms with Gasteiger partial charge < -0.3 is 14.0 Å². The molecule has 1 aromatic heterocycles. The van der Waals surface area contributed by atoms with Crippen LogP contribution in [0.3, 0.4) is 0 Å². The summed E-state index contributed by atoms with van der Waals surface area (Å²) < 4.78 is 13.5. The molecule has 1 fully saturated rings. The number of nitrogens with zero attached hydrogens (tertiary/aromatic N) is 2. The van der Waals surface area contributed by atoms with Crippen molar-refractivity contribution in [3.8, 4) is 11.3 Å². The van der Waals surface area contributed by atoms with Crippen molar-refractivity contribution in [1.82, 2.24) is 9.55 Å². The number of benzene rings is 3. The van der Waals surface area contributed by atoms with Crippen LogP contribution in [-0.4, -0.2) is 36.9 Å². The van der Waals surface area contributed by atoms with Crippen molar-refractivity contribution in [3.63, 3.8) is 0 Å². The fraction of sp³-hybridized carbons (Fsp3) is 0.324. The zero-order chi connectivity index (χ0) is 27.1. The molecule has 0 amide bonds. The third-order valence-corrected chi connectivity index (χ3v) is 7.05. The molecular formula is C34H39BN2O2. The lowest BCUT2D eigenvalue weighted by atomic mass is 9.88. The Morgan fingerprint density at radius 2 is 1.46 bits per heavy atom. The summed E-state index contributed by atoms with van der Waals surface area (Å²) in [6.07, 6.45) is 11.9. The summed E-state index contributed by atoms with van der Waals surface area (Å²) >= 11 is 0. The van der Waals surface area contributed by atoms with Gasteiger partial charge in [-0.15, -0.1) is 0 Å². The van der Waals surface area contributed by atoms with Crippen LogP contribution < -0.4 is 0 Å². The van der Waals surface area contributed by atoms with Gasteiger partial charge in [-0.1, -0.05) is 116 Å². The summed E-state index contributed by atoms with van der Waals surface area (Å²) in [5.74, 6) is 0.783. The minimum atomic E-state index is -0.0778. The third-order valence-electron chi connectivity index (χ3n) is 7.05. The lowest BCUT2D eigenvalue weighted by Gasteiger charge is -2.22. The van der Waals surface area contributed by atoms with Crippen LogP contribution in [0.4, 0.5) is 0 Å². The minimum Gasteiger partial charge on any atom is -0.350 e.